The second-order valence-electron chi connectivity index (χ2n) is 4.03. The van der Waals surface area contributed by atoms with Gasteiger partial charge in [-0.15, -0.1) is 23.5 Å². The van der Waals surface area contributed by atoms with Gasteiger partial charge in [0.1, 0.15) is 12.1 Å². The molecular weight excluding hydrogens is 389 g/mol. The molecule has 2 aliphatic rings. The van der Waals surface area contributed by atoms with Crippen molar-refractivity contribution in [1.82, 2.24) is 0 Å². The summed E-state index contributed by atoms with van der Waals surface area (Å²) in [6.45, 7) is 0. The van der Waals surface area contributed by atoms with Gasteiger partial charge in [0.15, 0.2) is 0 Å². The predicted molar refractivity (Wildman–Crippen MR) is 104 cm³/mol. The predicted octanol–water partition coefficient (Wildman–Crippen LogP) is 6.09. The Morgan fingerprint density at radius 2 is 1.18 bits per heavy atom. The highest BCUT2D eigenvalue weighted by Gasteiger charge is 2.28. The first-order valence-corrected chi connectivity index (χ1v) is 11.7. The SMILES string of the molecule is CSC1=C(SC)SC(=C2Sc3cc(C#N)c(C#N)cc3S2)S1. The lowest BCUT2D eigenvalue weighted by Crippen LogP contribution is -1.84. The van der Waals surface area contributed by atoms with Crippen molar-refractivity contribution < 1.29 is 0 Å². The summed E-state index contributed by atoms with van der Waals surface area (Å²) >= 11 is 10.6. The smallest absolute Gasteiger partial charge is 0.101 e. The van der Waals surface area contributed by atoms with Crippen molar-refractivity contribution in [3.63, 3.8) is 0 Å². The number of fused-ring (bicyclic) bond motifs is 1. The van der Waals surface area contributed by atoms with Crippen LogP contribution in [0.2, 0.25) is 0 Å². The fourth-order valence-corrected chi connectivity index (χ4v) is 9.66. The Hall–Kier alpha value is -0.220. The average Bonchev–Trinajstić information content (AvgIpc) is 3.15. The molecule has 8 heteroatoms. The first kappa shape index (κ1) is 16.6. The monoisotopic (exact) mass is 396 g/mol. The topological polar surface area (TPSA) is 47.6 Å². The van der Waals surface area contributed by atoms with Crippen LogP contribution < -0.4 is 0 Å². The number of thioether (sulfide) groups is 6. The molecule has 0 N–H and O–H groups in total. The minimum Gasteiger partial charge on any atom is -0.192 e. The van der Waals surface area contributed by atoms with Gasteiger partial charge in [-0.1, -0.05) is 47.0 Å². The van der Waals surface area contributed by atoms with Gasteiger partial charge in [0.2, 0.25) is 0 Å². The van der Waals surface area contributed by atoms with E-state index in [1.165, 1.54) is 16.9 Å². The zero-order chi connectivity index (χ0) is 15.7. The van der Waals surface area contributed by atoms with Crippen LogP contribution >= 0.6 is 70.6 Å². The summed E-state index contributed by atoms with van der Waals surface area (Å²) in [4.78, 5) is 2.15. The summed E-state index contributed by atoms with van der Waals surface area (Å²) < 4.78 is 5.26. The number of hydrogen-bond acceptors (Lipinski definition) is 8. The van der Waals surface area contributed by atoms with E-state index in [9.17, 15) is 0 Å². The van der Waals surface area contributed by atoms with Crippen molar-refractivity contribution in [3.05, 3.63) is 40.2 Å². The van der Waals surface area contributed by atoms with Crippen LogP contribution in [-0.2, 0) is 0 Å². The Kier molecular flexibility index (Phi) is 5.39. The molecule has 0 fully saturated rings. The first-order valence-electron chi connectivity index (χ1n) is 5.96. The van der Waals surface area contributed by atoms with E-state index in [4.69, 9.17) is 10.5 Å². The van der Waals surface area contributed by atoms with Crippen LogP contribution in [-0.4, -0.2) is 12.5 Å². The van der Waals surface area contributed by atoms with Crippen LogP contribution in [0.4, 0.5) is 0 Å². The third-order valence-electron chi connectivity index (χ3n) is 2.81. The molecule has 0 atom stereocenters. The minimum absolute atomic E-state index is 0.458. The van der Waals surface area contributed by atoms with E-state index < -0.39 is 0 Å². The van der Waals surface area contributed by atoms with Crippen LogP contribution in [0.15, 0.2) is 38.9 Å². The van der Waals surface area contributed by atoms with Gasteiger partial charge in [0, 0.05) is 9.79 Å². The normalized spacial score (nSPS) is 16.7. The van der Waals surface area contributed by atoms with Gasteiger partial charge in [-0.05, 0) is 24.6 Å². The standard InChI is InChI=1S/C14H8N2S6/c1-17-11-12(18-2)22-14(21-11)13-19-9-3-7(5-15)8(6-16)4-10(9)20-13/h3-4H,1-2H3. The lowest BCUT2D eigenvalue weighted by molar-refractivity contribution is 1.23. The molecule has 22 heavy (non-hydrogen) atoms. The van der Waals surface area contributed by atoms with Gasteiger partial charge in [-0.25, -0.2) is 0 Å². The average molecular weight is 397 g/mol. The molecule has 2 nitrogen and oxygen atoms in total. The zero-order valence-corrected chi connectivity index (χ0v) is 16.4. The molecule has 2 heterocycles. The van der Waals surface area contributed by atoms with Crippen LogP contribution in [0.5, 0.6) is 0 Å². The Morgan fingerprint density at radius 1 is 0.773 bits per heavy atom. The summed E-state index contributed by atoms with van der Waals surface area (Å²) in [6.07, 6.45) is 4.21. The maximum atomic E-state index is 9.14. The van der Waals surface area contributed by atoms with Crippen molar-refractivity contribution in [2.45, 2.75) is 9.79 Å². The molecule has 110 valence electrons. The molecule has 3 rings (SSSR count). The molecule has 0 aromatic heterocycles. The number of rotatable bonds is 2. The summed E-state index contributed by atoms with van der Waals surface area (Å²) in [5.41, 5.74) is 0.917. The van der Waals surface area contributed by atoms with E-state index in [0.29, 0.717) is 11.1 Å². The van der Waals surface area contributed by atoms with E-state index >= 15 is 0 Å². The summed E-state index contributed by atoms with van der Waals surface area (Å²) in [7, 11) is 0. The van der Waals surface area contributed by atoms with Crippen molar-refractivity contribution in [3.8, 4) is 12.1 Å². The van der Waals surface area contributed by atoms with Crippen molar-refractivity contribution >= 4 is 70.6 Å². The Balaban J connectivity index is 1.92. The number of nitriles is 2. The molecule has 0 amide bonds. The quantitative estimate of drug-likeness (QED) is 0.595. The van der Waals surface area contributed by atoms with Crippen molar-refractivity contribution in [1.29, 1.82) is 10.5 Å². The van der Waals surface area contributed by atoms with E-state index in [2.05, 4.69) is 24.6 Å². The first-order chi connectivity index (χ1) is 10.7. The minimum atomic E-state index is 0.458. The number of hydrogen-bond donors (Lipinski definition) is 0. The van der Waals surface area contributed by atoms with Gasteiger partial charge in [0.05, 0.1) is 28.1 Å². The lowest BCUT2D eigenvalue weighted by atomic mass is 10.1. The molecule has 0 aliphatic carbocycles. The van der Waals surface area contributed by atoms with Crippen LogP contribution in [0.1, 0.15) is 11.1 Å². The Bertz CT molecular complexity index is 734. The molecule has 0 bridgehead atoms. The van der Waals surface area contributed by atoms with E-state index in [1.54, 1.807) is 47.0 Å². The van der Waals surface area contributed by atoms with Crippen LogP contribution in [0.25, 0.3) is 0 Å². The molecule has 0 unspecified atom stereocenters. The highest BCUT2D eigenvalue weighted by atomic mass is 32.3. The molecule has 0 saturated carbocycles. The van der Waals surface area contributed by atoms with Gasteiger partial charge < -0.3 is 0 Å². The summed E-state index contributed by atoms with van der Waals surface area (Å²) in [5, 5.41) is 18.3. The molecular formula is C14H8N2S6. The largest absolute Gasteiger partial charge is 0.192 e. The van der Waals surface area contributed by atoms with Gasteiger partial charge in [-0.3, -0.25) is 0 Å². The van der Waals surface area contributed by atoms with E-state index in [-0.39, 0.29) is 0 Å². The van der Waals surface area contributed by atoms with Crippen LogP contribution in [0.3, 0.4) is 0 Å². The highest BCUT2D eigenvalue weighted by Crippen LogP contribution is 2.63. The third kappa shape index (κ3) is 3.06. The fraction of sp³-hybridized carbons (Fsp3) is 0.143. The fourth-order valence-electron chi connectivity index (χ4n) is 1.81. The van der Waals surface area contributed by atoms with Gasteiger partial charge >= 0.3 is 0 Å². The zero-order valence-electron chi connectivity index (χ0n) is 11.5. The Morgan fingerprint density at radius 3 is 1.55 bits per heavy atom. The lowest BCUT2D eigenvalue weighted by Gasteiger charge is -2.00. The van der Waals surface area contributed by atoms with Crippen molar-refractivity contribution in [2.24, 2.45) is 0 Å². The van der Waals surface area contributed by atoms with Gasteiger partial charge in [-0.2, -0.15) is 10.5 Å². The third-order valence-corrected chi connectivity index (χ3v) is 11.1. The summed E-state index contributed by atoms with van der Waals surface area (Å²) in [6, 6.07) is 7.88. The van der Waals surface area contributed by atoms with Crippen molar-refractivity contribution in [2.75, 3.05) is 12.5 Å². The number of nitrogens with zero attached hydrogens (tertiary/aromatic N) is 2. The highest BCUT2D eigenvalue weighted by molar-refractivity contribution is 8.41. The Labute approximate surface area is 154 Å². The van der Waals surface area contributed by atoms with Gasteiger partial charge in [0.25, 0.3) is 0 Å². The maximum absolute atomic E-state index is 9.14. The molecule has 1 aromatic carbocycles. The second-order valence-corrected chi connectivity index (χ2v) is 10.8. The maximum Gasteiger partial charge on any atom is 0.101 e. The van der Waals surface area contributed by atoms with Crippen LogP contribution in [0, 0.1) is 22.7 Å². The molecule has 1 aromatic rings. The number of benzene rings is 1. The summed E-state index contributed by atoms with van der Waals surface area (Å²) in [5.74, 6) is 0. The molecule has 0 saturated heterocycles. The second kappa shape index (κ2) is 7.12. The molecule has 2 aliphatic heterocycles. The molecule has 0 spiro atoms. The van der Waals surface area contributed by atoms with E-state index in [0.717, 1.165) is 9.79 Å². The molecule has 0 radical (unpaired) electrons. The van der Waals surface area contributed by atoms with E-state index in [1.807, 2.05) is 35.7 Å².